The quantitative estimate of drug-likeness (QED) is 0.408. The number of nitrogens with zero attached hydrogens (tertiary/aromatic N) is 2. The molecule has 1 spiro atoms. The molecule has 0 radical (unpaired) electrons. The molecule has 1 aliphatic carbocycles. The van der Waals surface area contributed by atoms with Gasteiger partial charge in [-0.2, -0.15) is 0 Å². The number of hydrogen-bond acceptors (Lipinski definition) is 4. The molecular formula is C26H30N2O4. The van der Waals surface area contributed by atoms with Crippen molar-refractivity contribution in [1.29, 1.82) is 0 Å². The van der Waals surface area contributed by atoms with Crippen LogP contribution in [0.5, 0.6) is 0 Å². The molecule has 0 saturated carbocycles. The zero-order chi connectivity index (χ0) is 22.6. The summed E-state index contributed by atoms with van der Waals surface area (Å²) in [5.41, 5.74) is 0.895. The minimum absolute atomic E-state index is 0.0601. The Labute approximate surface area is 189 Å². The predicted molar refractivity (Wildman–Crippen MR) is 120 cm³/mol. The highest BCUT2D eigenvalue weighted by atomic mass is 16.5. The Morgan fingerprint density at radius 2 is 1.56 bits per heavy atom. The van der Waals surface area contributed by atoms with Gasteiger partial charge >= 0.3 is 5.97 Å². The molecule has 4 rings (SSSR count). The average molecular weight is 435 g/mol. The fourth-order valence-electron chi connectivity index (χ4n) is 5.18. The molecule has 1 aromatic carbocycles. The van der Waals surface area contributed by atoms with Gasteiger partial charge in [-0.3, -0.25) is 14.4 Å². The van der Waals surface area contributed by atoms with Crippen LogP contribution < -0.4 is 0 Å². The van der Waals surface area contributed by atoms with Crippen molar-refractivity contribution in [2.24, 2.45) is 17.3 Å². The van der Waals surface area contributed by atoms with Crippen LogP contribution in [0.4, 0.5) is 0 Å². The maximum absolute atomic E-state index is 13.3. The number of rotatable bonds is 2. The average Bonchev–Trinajstić information content (AvgIpc) is 3.26. The highest BCUT2D eigenvalue weighted by molar-refractivity contribution is 5.94. The van der Waals surface area contributed by atoms with Crippen molar-refractivity contribution >= 4 is 17.8 Å². The molecule has 0 bridgehead atoms. The molecule has 6 heteroatoms. The maximum atomic E-state index is 13.3. The monoisotopic (exact) mass is 434 g/mol. The second kappa shape index (κ2) is 9.60. The number of amides is 2. The summed E-state index contributed by atoms with van der Waals surface area (Å²) in [6.07, 6.45) is 7.80. The summed E-state index contributed by atoms with van der Waals surface area (Å²) >= 11 is 0. The van der Waals surface area contributed by atoms with Crippen molar-refractivity contribution in [3.8, 4) is 11.8 Å². The summed E-state index contributed by atoms with van der Waals surface area (Å²) in [5, 5.41) is 0. The molecule has 2 amide bonds. The van der Waals surface area contributed by atoms with E-state index in [-0.39, 0.29) is 29.1 Å². The molecular weight excluding hydrogens is 404 g/mol. The molecule has 3 aliphatic rings. The van der Waals surface area contributed by atoms with Gasteiger partial charge < -0.3 is 14.5 Å². The number of benzene rings is 1. The van der Waals surface area contributed by atoms with E-state index >= 15 is 0 Å². The number of ether oxygens (including phenoxy) is 1. The smallest absolute Gasteiger partial charge is 0.309 e. The lowest BCUT2D eigenvalue weighted by molar-refractivity contribution is -0.153. The third-order valence-corrected chi connectivity index (χ3v) is 7.20. The van der Waals surface area contributed by atoms with Gasteiger partial charge in [0.15, 0.2) is 0 Å². The fourth-order valence-corrected chi connectivity index (χ4v) is 5.18. The van der Waals surface area contributed by atoms with Crippen molar-refractivity contribution in [2.75, 3.05) is 33.3 Å². The zero-order valence-corrected chi connectivity index (χ0v) is 18.6. The first-order chi connectivity index (χ1) is 15.5. The van der Waals surface area contributed by atoms with E-state index in [0.29, 0.717) is 39.0 Å². The Balaban J connectivity index is 1.33. The van der Waals surface area contributed by atoms with Gasteiger partial charge in [0.05, 0.1) is 18.9 Å². The third kappa shape index (κ3) is 4.72. The molecule has 6 nitrogen and oxygen atoms in total. The Morgan fingerprint density at radius 3 is 2.22 bits per heavy atom. The SMILES string of the molecule is COC(=O)C1CC=CCC1C(=O)N1CCC2(CCN(C(=O)C#Cc3ccccc3)CC2)C1. The predicted octanol–water partition coefficient (Wildman–Crippen LogP) is 2.63. The molecule has 0 N–H and O–H groups in total. The number of piperidine rings is 1. The van der Waals surface area contributed by atoms with E-state index in [1.807, 2.05) is 52.3 Å². The lowest BCUT2D eigenvalue weighted by atomic mass is 9.77. The summed E-state index contributed by atoms with van der Waals surface area (Å²) in [6, 6.07) is 9.52. The maximum Gasteiger partial charge on any atom is 0.309 e. The summed E-state index contributed by atoms with van der Waals surface area (Å²) in [6.45, 7) is 2.76. The van der Waals surface area contributed by atoms with Crippen LogP contribution >= 0.6 is 0 Å². The van der Waals surface area contributed by atoms with Crippen LogP contribution in [0.15, 0.2) is 42.5 Å². The summed E-state index contributed by atoms with van der Waals surface area (Å²) in [5.74, 6) is 4.60. The molecule has 2 unspecified atom stereocenters. The van der Waals surface area contributed by atoms with Crippen molar-refractivity contribution in [1.82, 2.24) is 9.80 Å². The third-order valence-electron chi connectivity index (χ3n) is 7.20. The molecule has 2 saturated heterocycles. The van der Waals surface area contributed by atoms with Crippen LogP contribution in [-0.4, -0.2) is 60.9 Å². The minimum atomic E-state index is -0.392. The summed E-state index contributed by atoms with van der Waals surface area (Å²) in [7, 11) is 1.38. The van der Waals surface area contributed by atoms with E-state index in [9.17, 15) is 14.4 Å². The zero-order valence-electron chi connectivity index (χ0n) is 18.6. The second-order valence-corrected chi connectivity index (χ2v) is 9.10. The van der Waals surface area contributed by atoms with Crippen LogP contribution in [0.25, 0.3) is 0 Å². The van der Waals surface area contributed by atoms with Gasteiger partial charge in [0, 0.05) is 37.7 Å². The Bertz CT molecular complexity index is 951. The van der Waals surface area contributed by atoms with Crippen molar-refractivity contribution in [2.45, 2.75) is 32.1 Å². The first-order valence-corrected chi connectivity index (χ1v) is 11.4. The first kappa shape index (κ1) is 22.1. The van der Waals surface area contributed by atoms with Gasteiger partial charge in [-0.15, -0.1) is 0 Å². The van der Waals surface area contributed by atoms with E-state index < -0.39 is 5.92 Å². The minimum Gasteiger partial charge on any atom is -0.469 e. The fraction of sp³-hybridized carbons (Fsp3) is 0.500. The van der Waals surface area contributed by atoms with Crippen molar-refractivity contribution in [3.63, 3.8) is 0 Å². The van der Waals surface area contributed by atoms with Crippen LogP contribution in [-0.2, 0) is 19.1 Å². The summed E-state index contributed by atoms with van der Waals surface area (Å²) in [4.78, 5) is 41.7. The van der Waals surface area contributed by atoms with E-state index in [4.69, 9.17) is 4.74 Å². The molecule has 2 fully saturated rings. The van der Waals surface area contributed by atoms with Crippen molar-refractivity contribution < 1.29 is 19.1 Å². The van der Waals surface area contributed by atoms with Gasteiger partial charge in [0.2, 0.25) is 5.91 Å². The molecule has 2 heterocycles. The molecule has 1 aromatic rings. The number of methoxy groups -OCH3 is 1. The normalized spacial score (nSPS) is 24.0. The number of allylic oxidation sites excluding steroid dienone is 2. The number of esters is 1. The molecule has 32 heavy (non-hydrogen) atoms. The van der Waals surface area contributed by atoms with Gasteiger partial charge in [-0.05, 0) is 49.7 Å². The van der Waals surface area contributed by atoms with E-state index in [0.717, 1.165) is 24.8 Å². The van der Waals surface area contributed by atoms with Crippen LogP contribution in [0.3, 0.4) is 0 Å². The van der Waals surface area contributed by atoms with E-state index in [1.165, 1.54) is 7.11 Å². The van der Waals surface area contributed by atoms with Gasteiger partial charge in [-0.25, -0.2) is 0 Å². The highest BCUT2D eigenvalue weighted by Gasteiger charge is 2.45. The highest BCUT2D eigenvalue weighted by Crippen LogP contribution is 2.41. The number of likely N-dealkylation sites (tertiary alicyclic amines) is 2. The van der Waals surface area contributed by atoms with Crippen LogP contribution in [0.1, 0.15) is 37.7 Å². The van der Waals surface area contributed by atoms with Gasteiger partial charge in [0.1, 0.15) is 0 Å². The number of carbonyl (C=O) groups is 3. The Morgan fingerprint density at radius 1 is 0.938 bits per heavy atom. The summed E-state index contributed by atoms with van der Waals surface area (Å²) < 4.78 is 4.93. The lowest BCUT2D eigenvalue weighted by Gasteiger charge is -2.39. The molecule has 168 valence electrons. The Kier molecular flexibility index (Phi) is 6.64. The van der Waals surface area contributed by atoms with Gasteiger partial charge in [0.25, 0.3) is 5.91 Å². The van der Waals surface area contributed by atoms with Gasteiger partial charge in [-0.1, -0.05) is 36.3 Å². The van der Waals surface area contributed by atoms with E-state index in [2.05, 4.69) is 11.8 Å². The first-order valence-electron chi connectivity index (χ1n) is 11.4. The van der Waals surface area contributed by atoms with Crippen molar-refractivity contribution in [3.05, 3.63) is 48.0 Å². The second-order valence-electron chi connectivity index (χ2n) is 9.10. The molecule has 2 aliphatic heterocycles. The van der Waals surface area contributed by atoms with Crippen LogP contribution in [0, 0.1) is 29.1 Å². The molecule has 2 atom stereocenters. The van der Waals surface area contributed by atoms with E-state index in [1.54, 1.807) is 0 Å². The number of carbonyl (C=O) groups excluding carboxylic acids is 3. The Hall–Kier alpha value is -3.07. The molecule has 0 aromatic heterocycles. The van der Waals surface area contributed by atoms with Crippen LogP contribution in [0.2, 0.25) is 0 Å². The standard InChI is InChI=1S/C26H30N2O4/c1-32-25(31)22-10-6-5-9-21(22)24(30)28-18-15-26(19-28)13-16-27(17-14-26)23(29)12-11-20-7-3-2-4-8-20/h2-8,21-22H,9-10,13-19H2,1H3. The lowest BCUT2D eigenvalue weighted by Crippen LogP contribution is -2.46. The largest absolute Gasteiger partial charge is 0.469 e. The topological polar surface area (TPSA) is 66.9 Å². The number of hydrogen-bond donors (Lipinski definition) is 0.